The van der Waals surface area contributed by atoms with Crippen molar-refractivity contribution in [2.75, 3.05) is 21.2 Å². The molecular weight excluding hydrogens is 322 g/mol. The summed E-state index contributed by atoms with van der Waals surface area (Å²) in [5, 5.41) is 2.19. The van der Waals surface area contributed by atoms with Gasteiger partial charge in [0.15, 0.2) is 0 Å². The first-order valence-electron chi connectivity index (χ1n) is 8.85. The molecule has 0 atom stereocenters. The molecule has 0 heterocycles. The van der Waals surface area contributed by atoms with Crippen LogP contribution in [0.3, 0.4) is 0 Å². The highest BCUT2D eigenvalue weighted by molar-refractivity contribution is 6.04. The Labute approximate surface area is 155 Å². The number of carbonyl (C=O) groups excluding carboxylic acids is 1. The zero-order valence-electron chi connectivity index (χ0n) is 16.0. The molecule has 0 saturated heterocycles. The number of rotatable bonds is 4. The Morgan fingerprint density at radius 1 is 0.962 bits per heavy atom. The molecule has 26 heavy (non-hydrogen) atoms. The molecule has 0 unspecified atom stereocenters. The van der Waals surface area contributed by atoms with Gasteiger partial charge in [-0.25, -0.2) is 0 Å². The van der Waals surface area contributed by atoms with Crippen molar-refractivity contribution in [1.29, 1.82) is 0 Å². The van der Waals surface area contributed by atoms with E-state index in [0.717, 1.165) is 27.6 Å². The summed E-state index contributed by atoms with van der Waals surface area (Å²) in [5.41, 5.74) is 4.09. The van der Waals surface area contributed by atoms with Gasteiger partial charge in [0.1, 0.15) is 5.75 Å². The van der Waals surface area contributed by atoms with Crippen molar-refractivity contribution in [3.05, 3.63) is 65.7 Å². The van der Waals surface area contributed by atoms with E-state index in [2.05, 4.69) is 32.0 Å². The Morgan fingerprint density at radius 2 is 1.69 bits per heavy atom. The summed E-state index contributed by atoms with van der Waals surface area (Å²) in [6.45, 7) is 4.38. The van der Waals surface area contributed by atoms with Crippen molar-refractivity contribution in [2.24, 2.45) is 0 Å². The van der Waals surface area contributed by atoms with Gasteiger partial charge in [0.2, 0.25) is 0 Å². The summed E-state index contributed by atoms with van der Waals surface area (Å²) in [5.74, 6) is 1.25. The average Bonchev–Trinajstić information content (AvgIpc) is 2.65. The lowest BCUT2D eigenvalue weighted by molar-refractivity contribution is 0.0828. The quantitative estimate of drug-likeness (QED) is 0.637. The Morgan fingerprint density at radius 3 is 2.35 bits per heavy atom. The fourth-order valence-electron chi connectivity index (χ4n) is 3.20. The van der Waals surface area contributed by atoms with E-state index in [1.807, 2.05) is 36.4 Å². The van der Waals surface area contributed by atoms with Crippen molar-refractivity contribution >= 4 is 16.7 Å². The van der Waals surface area contributed by atoms with E-state index in [1.54, 1.807) is 26.1 Å². The molecule has 3 nitrogen and oxygen atoms in total. The zero-order chi connectivity index (χ0) is 18.8. The minimum atomic E-state index is 0.00538. The molecule has 134 valence electrons. The number of hydrogen-bond acceptors (Lipinski definition) is 2. The SMILES string of the molecule is COc1ccccc1-c1cc(C(C)C)cc2ccc(C(=O)N(C)C)cc12. The molecule has 0 saturated carbocycles. The Hall–Kier alpha value is -2.81. The molecule has 0 aliphatic heterocycles. The minimum Gasteiger partial charge on any atom is -0.496 e. The first-order chi connectivity index (χ1) is 12.4. The van der Waals surface area contributed by atoms with Gasteiger partial charge in [0.05, 0.1) is 7.11 Å². The van der Waals surface area contributed by atoms with E-state index in [-0.39, 0.29) is 5.91 Å². The van der Waals surface area contributed by atoms with Crippen LogP contribution in [0.4, 0.5) is 0 Å². The number of nitrogens with zero attached hydrogens (tertiary/aromatic N) is 1. The second-order valence-electron chi connectivity index (χ2n) is 7.06. The second kappa shape index (κ2) is 7.20. The number of methoxy groups -OCH3 is 1. The minimum absolute atomic E-state index is 0.00538. The molecule has 3 heteroatoms. The first kappa shape index (κ1) is 18.0. The summed E-state index contributed by atoms with van der Waals surface area (Å²) in [6.07, 6.45) is 0. The number of para-hydroxylation sites is 1. The van der Waals surface area contributed by atoms with E-state index in [1.165, 1.54) is 5.56 Å². The summed E-state index contributed by atoms with van der Waals surface area (Å²) in [7, 11) is 5.24. The maximum Gasteiger partial charge on any atom is 0.253 e. The lowest BCUT2D eigenvalue weighted by Gasteiger charge is -2.17. The summed E-state index contributed by atoms with van der Waals surface area (Å²) in [4.78, 5) is 14.0. The van der Waals surface area contributed by atoms with Crippen molar-refractivity contribution in [3.8, 4) is 16.9 Å². The third-order valence-corrected chi connectivity index (χ3v) is 4.69. The van der Waals surface area contributed by atoms with Crippen LogP contribution in [-0.2, 0) is 0 Å². The highest BCUT2D eigenvalue weighted by atomic mass is 16.5. The molecule has 3 aromatic carbocycles. The van der Waals surface area contributed by atoms with Crippen LogP contribution >= 0.6 is 0 Å². The van der Waals surface area contributed by atoms with Gasteiger partial charge in [-0.2, -0.15) is 0 Å². The molecule has 0 bridgehead atoms. The van der Waals surface area contributed by atoms with Crippen molar-refractivity contribution in [1.82, 2.24) is 4.90 Å². The summed E-state index contributed by atoms with van der Waals surface area (Å²) >= 11 is 0. The number of benzene rings is 3. The van der Waals surface area contributed by atoms with Crippen molar-refractivity contribution in [3.63, 3.8) is 0 Å². The molecule has 0 aliphatic carbocycles. The van der Waals surface area contributed by atoms with E-state index in [9.17, 15) is 4.79 Å². The van der Waals surface area contributed by atoms with Crippen LogP contribution in [0.15, 0.2) is 54.6 Å². The molecular formula is C23H25NO2. The van der Waals surface area contributed by atoms with Gasteiger partial charge < -0.3 is 9.64 Å². The number of amides is 1. The maximum atomic E-state index is 12.4. The smallest absolute Gasteiger partial charge is 0.253 e. The Balaban J connectivity index is 2.33. The molecule has 3 rings (SSSR count). The first-order valence-corrected chi connectivity index (χ1v) is 8.85. The van der Waals surface area contributed by atoms with Crippen molar-refractivity contribution < 1.29 is 9.53 Å². The van der Waals surface area contributed by atoms with Gasteiger partial charge in [0.25, 0.3) is 5.91 Å². The van der Waals surface area contributed by atoms with Crippen LogP contribution in [-0.4, -0.2) is 32.0 Å². The molecule has 0 aliphatic rings. The predicted octanol–water partition coefficient (Wildman–Crippen LogP) is 5.34. The van der Waals surface area contributed by atoms with Crippen LogP contribution in [0.5, 0.6) is 5.75 Å². The average molecular weight is 347 g/mol. The van der Waals surface area contributed by atoms with Gasteiger partial charge in [-0.3, -0.25) is 4.79 Å². The van der Waals surface area contributed by atoms with Crippen molar-refractivity contribution in [2.45, 2.75) is 19.8 Å². The third kappa shape index (κ3) is 3.30. The van der Waals surface area contributed by atoms with E-state index in [0.29, 0.717) is 11.5 Å². The van der Waals surface area contributed by atoms with Crippen LogP contribution in [0.2, 0.25) is 0 Å². The van der Waals surface area contributed by atoms with E-state index >= 15 is 0 Å². The highest BCUT2D eigenvalue weighted by Crippen LogP contribution is 2.37. The van der Waals surface area contributed by atoms with Crippen LogP contribution in [0, 0.1) is 0 Å². The Bertz CT molecular complexity index is 958. The molecule has 1 amide bonds. The third-order valence-electron chi connectivity index (χ3n) is 4.69. The monoisotopic (exact) mass is 347 g/mol. The molecule has 0 fully saturated rings. The van der Waals surface area contributed by atoms with Gasteiger partial charge in [0, 0.05) is 25.2 Å². The molecule has 0 spiro atoms. The largest absolute Gasteiger partial charge is 0.496 e. The highest BCUT2D eigenvalue weighted by Gasteiger charge is 2.15. The standard InChI is InChI=1S/C23H25NO2/c1-15(2)18-12-16-10-11-17(23(25)24(3)4)13-20(16)21(14-18)19-8-6-7-9-22(19)26-5/h6-15H,1-5H3. The predicted molar refractivity (Wildman–Crippen MR) is 108 cm³/mol. The Kier molecular flexibility index (Phi) is 4.99. The zero-order valence-corrected chi connectivity index (χ0v) is 16.0. The number of ether oxygens (including phenoxy) is 1. The number of hydrogen-bond donors (Lipinski definition) is 0. The lowest BCUT2D eigenvalue weighted by Crippen LogP contribution is -2.21. The van der Waals surface area contributed by atoms with Crippen LogP contribution < -0.4 is 4.74 Å². The van der Waals surface area contributed by atoms with Crippen LogP contribution in [0.1, 0.15) is 35.7 Å². The fourth-order valence-corrected chi connectivity index (χ4v) is 3.20. The van der Waals surface area contributed by atoms with Crippen LogP contribution in [0.25, 0.3) is 21.9 Å². The molecule has 0 N–H and O–H groups in total. The summed E-state index contributed by atoms with van der Waals surface area (Å²) < 4.78 is 5.59. The molecule has 0 aromatic heterocycles. The molecule has 3 aromatic rings. The van der Waals surface area contributed by atoms with E-state index in [4.69, 9.17) is 4.74 Å². The van der Waals surface area contributed by atoms with Gasteiger partial charge >= 0.3 is 0 Å². The maximum absolute atomic E-state index is 12.4. The lowest BCUT2D eigenvalue weighted by atomic mass is 9.90. The number of fused-ring (bicyclic) bond motifs is 1. The normalized spacial score (nSPS) is 11.0. The summed E-state index contributed by atoms with van der Waals surface area (Å²) in [6, 6.07) is 18.4. The van der Waals surface area contributed by atoms with Gasteiger partial charge in [-0.1, -0.05) is 50.2 Å². The second-order valence-corrected chi connectivity index (χ2v) is 7.06. The topological polar surface area (TPSA) is 29.5 Å². The van der Waals surface area contributed by atoms with Gasteiger partial charge in [-0.05, 0) is 46.0 Å². The fraction of sp³-hybridized carbons (Fsp3) is 0.261. The molecule has 0 radical (unpaired) electrons. The number of carbonyl (C=O) groups is 1. The van der Waals surface area contributed by atoms with Gasteiger partial charge in [-0.15, -0.1) is 0 Å². The van der Waals surface area contributed by atoms with E-state index < -0.39 is 0 Å².